The van der Waals surface area contributed by atoms with Crippen LogP contribution in [-0.4, -0.2) is 38.8 Å². The molecule has 0 saturated heterocycles. The van der Waals surface area contributed by atoms with Crippen molar-refractivity contribution in [2.24, 2.45) is 10.9 Å². The van der Waals surface area contributed by atoms with E-state index in [9.17, 15) is 9.59 Å². The summed E-state index contributed by atoms with van der Waals surface area (Å²) in [6.45, 7) is 3.83. The lowest BCUT2D eigenvalue weighted by Crippen LogP contribution is -2.41. The van der Waals surface area contributed by atoms with Gasteiger partial charge in [-0.05, 0) is 49.4 Å². The van der Waals surface area contributed by atoms with Crippen LogP contribution in [0, 0.1) is 12.8 Å². The van der Waals surface area contributed by atoms with E-state index in [-0.39, 0.29) is 11.7 Å². The molecular weight excluding hydrogens is 418 g/mol. The van der Waals surface area contributed by atoms with E-state index in [1.807, 2.05) is 56.3 Å². The average molecular weight is 448 g/mol. The van der Waals surface area contributed by atoms with Crippen molar-refractivity contribution in [3.8, 4) is 11.5 Å². The molecule has 0 bridgehead atoms. The van der Waals surface area contributed by atoms with E-state index >= 15 is 0 Å². The molecule has 33 heavy (non-hydrogen) atoms. The van der Waals surface area contributed by atoms with E-state index in [2.05, 4.69) is 0 Å². The molecule has 1 saturated carbocycles. The Morgan fingerprint density at radius 3 is 2.33 bits per heavy atom. The number of aryl methyl sites for hydroxylation is 1. The Balaban J connectivity index is 1.77. The number of Topliss-reactive ketones (excluding diaryl/α,β-unsaturated/α-hetero) is 1. The van der Waals surface area contributed by atoms with E-state index in [1.165, 1.54) is 7.11 Å². The van der Waals surface area contributed by atoms with Crippen molar-refractivity contribution >= 4 is 17.5 Å². The number of hydrogen-bond acceptors (Lipinski definition) is 6. The lowest BCUT2D eigenvalue weighted by Gasteiger charge is -2.38. The Hall–Kier alpha value is -3.41. The van der Waals surface area contributed by atoms with Gasteiger partial charge in [0.1, 0.15) is 5.78 Å². The predicted molar refractivity (Wildman–Crippen MR) is 126 cm³/mol. The smallest absolute Gasteiger partial charge is 0.336 e. The van der Waals surface area contributed by atoms with Crippen molar-refractivity contribution in [3.05, 3.63) is 70.4 Å². The van der Waals surface area contributed by atoms with Crippen molar-refractivity contribution in [1.29, 1.82) is 0 Å². The largest absolute Gasteiger partial charge is 0.493 e. The number of hydrogen-bond donors (Lipinski definition) is 0. The maximum atomic E-state index is 13.6. The van der Waals surface area contributed by atoms with Crippen LogP contribution in [-0.2, 0) is 14.3 Å². The van der Waals surface area contributed by atoms with Crippen LogP contribution in [0.4, 0.5) is 0 Å². The van der Waals surface area contributed by atoms with Crippen molar-refractivity contribution in [2.75, 3.05) is 21.3 Å². The third-order valence-corrected chi connectivity index (χ3v) is 6.64. The third kappa shape index (κ3) is 4.17. The quantitative estimate of drug-likeness (QED) is 0.618. The second-order valence-electron chi connectivity index (χ2n) is 8.65. The first-order valence-corrected chi connectivity index (χ1v) is 11.1. The number of methoxy groups -OCH3 is 3. The third-order valence-electron chi connectivity index (χ3n) is 6.64. The fourth-order valence-corrected chi connectivity index (χ4v) is 5.12. The molecule has 2 aromatic rings. The van der Waals surface area contributed by atoms with Crippen LogP contribution in [0.5, 0.6) is 11.5 Å². The van der Waals surface area contributed by atoms with Gasteiger partial charge in [-0.3, -0.25) is 9.79 Å². The standard InChI is InChI=1S/C27H29NO5/c1-15-7-6-8-18(11-15)25-24(27(30)33-5)16(2)28-20-12-19(13-21(29)26(20)25)17-9-10-22(31-3)23(14-17)32-4/h6-11,14,19,25-26H,12-13H2,1-5H3/t19-,25+,26?/m1/s1. The highest BCUT2D eigenvalue weighted by Gasteiger charge is 2.46. The highest BCUT2D eigenvalue weighted by Crippen LogP contribution is 2.46. The molecule has 0 aromatic heterocycles. The Morgan fingerprint density at radius 1 is 0.909 bits per heavy atom. The zero-order valence-electron chi connectivity index (χ0n) is 19.7. The normalized spacial score (nSPS) is 22.4. The Morgan fingerprint density at radius 2 is 1.67 bits per heavy atom. The summed E-state index contributed by atoms with van der Waals surface area (Å²) in [5.41, 5.74) is 4.92. The average Bonchev–Trinajstić information content (AvgIpc) is 2.82. The van der Waals surface area contributed by atoms with E-state index in [1.54, 1.807) is 14.2 Å². The minimum atomic E-state index is -0.471. The van der Waals surface area contributed by atoms with Crippen LogP contribution >= 0.6 is 0 Å². The summed E-state index contributed by atoms with van der Waals surface area (Å²) in [7, 11) is 4.57. The zero-order chi connectivity index (χ0) is 23.7. The fourth-order valence-electron chi connectivity index (χ4n) is 5.12. The molecule has 6 heteroatoms. The fraction of sp³-hybridized carbons (Fsp3) is 0.370. The first-order valence-electron chi connectivity index (χ1n) is 11.1. The predicted octanol–water partition coefficient (Wildman–Crippen LogP) is 4.76. The highest BCUT2D eigenvalue weighted by molar-refractivity contribution is 6.12. The number of esters is 1. The van der Waals surface area contributed by atoms with Gasteiger partial charge in [0.2, 0.25) is 0 Å². The second-order valence-corrected chi connectivity index (χ2v) is 8.65. The number of carbonyl (C=O) groups excluding carboxylic acids is 2. The molecule has 1 unspecified atom stereocenters. The van der Waals surface area contributed by atoms with Crippen LogP contribution in [0.3, 0.4) is 0 Å². The van der Waals surface area contributed by atoms with E-state index in [4.69, 9.17) is 19.2 Å². The number of nitrogens with zero attached hydrogens (tertiary/aromatic N) is 1. The van der Waals surface area contributed by atoms with Gasteiger partial charge < -0.3 is 14.2 Å². The minimum Gasteiger partial charge on any atom is -0.493 e. The molecule has 2 aliphatic rings. The number of ketones is 1. The van der Waals surface area contributed by atoms with E-state index in [0.29, 0.717) is 35.6 Å². The number of carbonyl (C=O) groups is 2. The molecule has 3 atom stereocenters. The second kappa shape index (κ2) is 9.22. The molecule has 1 fully saturated rings. The van der Waals surface area contributed by atoms with Gasteiger partial charge in [-0.2, -0.15) is 0 Å². The summed E-state index contributed by atoms with van der Waals surface area (Å²) >= 11 is 0. The SMILES string of the molecule is COC(=O)C1=C(C)N=C2C[C@@H](c3ccc(OC)c(OC)c3)CC(=O)C2[C@H]1c1cccc(C)c1. The van der Waals surface area contributed by atoms with Crippen LogP contribution < -0.4 is 9.47 Å². The number of rotatable bonds is 5. The molecule has 0 amide bonds. The monoisotopic (exact) mass is 447 g/mol. The topological polar surface area (TPSA) is 74.2 Å². The maximum Gasteiger partial charge on any atom is 0.336 e. The van der Waals surface area contributed by atoms with E-state index < -0.39 is 17.8 Å². The highest BCUT2D eigenvalue weighted by atomic mass is 16.5. The van der Waals surface area contributed by atoms with Gasteiger partial charge in [0, 0.05) is 23.7 Å². The summed E-state index contributed by atoms with van der Waals surface area (Å²) in [6.07, 6.45) is 1.01. The van der Waals surface area contributed by atoms with Crippen LogP contribution in [0.25, 0.3) is 0 Å². The number of allylic oxidation sites excluding steroid dienone is 1. The molecule has 0 radical (unpaired) electrons. The summed E-state index contributed by atoms with van der Waals surface area (Å²) in [5, 5.41) is 0. The summed E-state index contributed by atoms with van der Waals surface area (Å²) in [4.78, 5) is 31.1. The maximum absolute atomic E-state index is 13.6. The lowest BCUT2D eigenvalue weighted by molar-refractivity contribution is -0.136. The van der Waals surface area contributed by atoms with Crippen LogP contribution in [0.1, 0.15) is 48.3 Å². The Kier molecular flexibility index (Phi) is 6.36. The molecule has 1 aliphatic carbocycles. The molecule has 172 valence electrons. The summed E-state index contributed by atoms with van der Waals surface area (Å²) in [5.74, 6) is 0.0496. The number of benzene rings is 2. The molecule has 0 N–H and O–H groups in total. The summed E-state index contributed by atoms with van der Waals surface area (Å²) < 4.78 is 15.9. The summed E-state index contributed by atoms with van der Waals surface area (Å²) in [6, 6.07) is 13.8. The number of ether oxygens (including phenoxy) is 3. The number of aliphatic imine (C=N–C) groups is 1. The van der Waals surface area contributed by atoms with Gasteiger partial charge in [-0.25, -0.2) is 4.79 Å². The van der Waals surface area contributed by atoms with Crippen LogP contribution in [0.15, 0.2) is 58.7 Å². The van der Waals surface area contributed by atoms with Gasteiger partial charge in [0.15, 0.2) is 11.5 Å². The van der Waals surface area contributed by atoms with E-state index in [0.717, 1.165) is 22.4 Å². The van der Waals surface area contributed by atoms with Crippen molar-refractivity contribution in [3.63, 3.8) is 0 Å². The Bertz CT molecular complexity index is 1160. The molecule has 1 aliphatic heterocycles. The molecule has 2 aromatic carbocycles. The van der Waals surface area contributed by atoms with Gasteiger partial charge >= 0.3 is 5.97 Å². The van der Waals surface area contributed by atoms with Gasteiger partial charge in [0.05, 0.1) is 32.8 Å². The molecule has 6 nitrogen and oxygen atoms in total. The van der Waals surface area contributed by atoms with Gasteiger partial charge in [-0.1, -0.05) is 35.9 Å². The number of fused-ring (bicyclic) bond motifs is 1. The molecule has 1 heterocycles. The Labute approximate surface area is 194 Å². The van der Waals surface area contributed by atoms with Gasteiger partial charge in [-0.15, -0.1) is 0 Å². The molecule has 0 spiro atoms. The first kappa shape index (κ1) is 22.8. The van der Waals surface area contributed by atoms with Crippen molar-refractivity contribution in [1.82, 2.24) is 0 Å². The molecular formula is C27H29NO5. The first-order chi connectivity index (χ1) is 15.9. The van der Waals surface area contributed by atoms with Gasteiger partial charge in [0.25, 0.3) is 0 Å². The molecule has 4 rings (SSSR count). The zero-order valence-corrected chi connectivity index (χ0v) is 19.7. The minimum absolute atomic E-state index is 0.0158. The van der Waals surface area contributed by atoms with Crippen molar-refractivity contribution in [2.45, 2.75) is 38.5 Å². The lowest BCUT2D eigenvalue weighted by atomic mass is 9.66. The van der Waals surface area contributed by atoms with Crippen molar-refractivity contribution < 1.29 is 23.8 Å². The van der Waals surface area contributed by atoms with Crippen LogP contribution in [0.2, 0.25) is 0 Å².